The number of nitrogens with one attached hydrogen (secondary N) is 1. The second kappa shape index (κ2) is 5.49. The van der Waals surface area contributed by atoms with Gasteiger partial charge in [0.05, 0.1) is 12.1 Å². The minimum Gasteiger partial charge on any atom is -0.335 e. The third-order valence-electron chi connectivity index (χ3n) is 4.48. The van der Waals surface area contributed by atoms with Crippen LogP contribution in [-0.4, -0.2) is 29.4 Å². The molecule has 1 aliphatic heterocycles. The third-order valence-corrected chi connectivity index (χ3v) is 5.47. The van der Waals surface area contributed by atoms with Gasteiger partial charge in [0.25, 0.3) is 0 Å². The molecular weight excluding hydrogens is 268 g/mol. The fraction of sp³-hybridized carbons (Fsp3) is 0.688. The molecule has 1 aromatic rings. The summed E-state index contributed by atoms with van der Waals surface area (Å²) in [6.45, 7) is 7.38. The highest BCUT2D eigenvalue weighted by molar-refractivity contribution is 7.12. The standard InChI is InChI=1S/C16H24N2OS/c1-10-9-14(12(3)20-10)11(2)18-8-4-5-15(16(18)19)17-13-6-7-13/h9,11,13,15,17H,4-8H2,1-3H3. The summed E-state index contributed by atoms with van der Waals surface area (Å²) in [5.74, 6) is 0.305. The number of likely N-dealkylation sites (tertiary alicyclic amines) is 1. The molecule has 2 unspecified atom stereocenters. The smallest absolute Gasteiger partial charge is 0.240 e. The SMILES string of the molecule is Cc1cc(C(C)N2CCCC(NC3CC3)C2=O)c(C)s1. The van der Waals surface area contributed by atoms with Crippen LogP contribution in [0.4, 0.5) is 0 Å². The van der Waals surface area contributed by atoms with Crippen molar-refractivity contribution in [1.82, 2.24) is 10.2 Å². The van der Waals surface area contributed by atoms with Crippen LogP contribution < -0.4 is 5.32 Å². The molecule has 0 aromatic carbocycles. The van der Waals surface area contributed by atoms with Gasteiger partial charge in [-0.25, -0.2) is 0 Å². The molecule has 1 N–H and O–H groups in total. The van der Waals surface area contributed by atoms with Gasteiger partial charge < -0.3 is 10.2 Å². The van der Waals surface area contributed by atoms with E-state index in [0.29, 0.717) is 11.9 Å². The summed E-state index contributed by atoms with van der Waals surface area (Å²) in [6.07, 6.45) is 4.59. The molecule has 1 aliphatic carbocycles. The zero-order valence-electron chi connectivity index (χ0n) is 12.6. The Bertz CT molecular complexity index is 507. The molecule has 1 saturated carbocycles. The van der Waals surface area contributed by atoms with Gasteiger partial charge >= 0.3 is 0 Å². The highest BCUT2D eigenvalue weighted by Gasteiger charge is 2.35. The van der Waals surface area contributed by atoms with Crippen LogP contribution in [0.3, 0.4) is 0 Å². The van der Waals surface area contributed by atoms with Gasteiger partial charge in [0.15, 0.2) is 0 Å². The fourth-order valence-corrected chi connectivity index (χ4v) is 4.22. The zero-order valence-corrected chi connectivity index (χ0v) is 13.4. The molecule has 1 aromatic heterocycles. The number of nitrogens with zero attached hydrogens (tertiary/aromatic N) is 1. The van der Waals surface area contributed by atoms with Crippen LogP contribution in [0, 0.1) is 13.8 Å². The Morgan fingerprint density at radius 3 is 2.70 bits per heavy atom. The fourth-order valence-electron chi connectivity index (χ4n) is 3.21. The maximum atomic E-state index is 12.7. The second-order valence-electron chi connectivity index (χ2n) is 6.21. The predicted molar refractivity (Wildman–Crippen MR) is 83.1 cm³/mol. The summed E-state index contributed by atoms with van der Waals surface area (Å²) in [5, 5.41) is 3.51. The van der Waals surface area contributed by atoms with Crippen LogP contribution in [0.2, 0.25) is 0 Å². The highest BCUT2D eigenvalue weighted by atomic mass is 32.1. The van der Waals surface area contributed by atoms with E-state index in [1.165, 1.54) is 28.2 Å². The van der Waals surface area contributed by atoms with E-state index in [-0.39, 0.29) is 12.1 Å². The van der Waals surface area contributed by atoms with Gasteiger partial charge in [-0.2, -0.15) is 0 Å². The van der Waals surface area contributed by atoms with Crippen molar-refractivity contribution in [2.75, 3.05) is 6.54 Å². The number of thiophene rings is 1. The molecule has 2 atom stereocenters. The molecule has 3 rings (SSSR count). The summed E-state index contributed by atoms with van der Waals surface area (Å²) in [4.78, 5) is 17.5. The maximum Gasteiger partial charge on any atom is 0.240 e. The van der Waals surface area contributed by atoms with Gasteiger partial charge in [-0.05, 0) is 58.1 Å². The molecule has 110 valence electrons. The van der Waals surface area contributed by atoms with Crippen molar-refractivity contribution >= 4 is 17.2 Å². The summed E-state index contributed by atoms with van der Waals surface area (Å²) in [5.41, 5.74) is 1.33. The largest absolute Gasteiger partial charge is 0.335 e. The number of piperidine rings is 1. The van der Waals surface area contributed by atoms with Crippen molar-refractivity contribution < 1.29 is 4.79 Å². The molecule has 4 heteroatoms. The van der Waals surface area contributed by atoms with E-state index in [1.807, 2.05) is 11.3 Å². The van der Waals surface area contributed by atoms with Crippen LogP contribution in [0.1, 0.15) is 54.0 Å². The van der Waals surface area contributed by atoms with Crippen LogP contribution >= 0.6 is 11.3 Å². The maximum absolute atomic E-state index is 12.7. The molecule has 2 aliphatic rings. The molecule has 0 radical (unpaired) electrons. The summed E-state index contributed by atoms with van der Waals surface area (Å²) in [7, 11) is 0. The quantitative estimate of drug-likeness (QED) is 0.924. The topological polar surface area (TPSA) is 32.3 Å². The van der Waals surface area contributed by atoms with Crippen molar-refractivity contribution in [1.29, 1.82) is 0 Å². The molecule has 2 fully saturated rings. The van der Waals surface area contributed by atoms with Gasteiger partial charge in [0.1, 0.15) is 0 Å². The number of aryl methyl sites for hydroxylation is 2. The summed E-state index contributed by atoms with van der Waals surface area (Å²) >= 11 is 1.83. The lowest BCUT2D eigenvalue weighted by molar-refractivity contribution is -0.138. The van der Waals surface area contributed by atoms with Gasteiger partial charge in [-0.3, -0.25) is 4.79 Å². The Balaban J connectivity index is 1.74. The van der Waals surface area contributed by atoms with Crippen molar-refractivity contribution in [2.24, 2.45) is 0 Å². The number of rotatable bonds is 4. The van der Waals surface area contributed by atoms with Gasteiger partial charge in [0.2, 0.25) is 5.91 Å². The van der Waals surface area contributed by atoms with Crippen LogP contribution in [0.25, 0.3) is 0 Å². The minimum atomic E-state index is 0.0544. The molecule has 3 nitrogen and oxygen atoms in total. The summed E-state index contributed by atoms with van der Waals surface area (Å²) < 4.78 is 0. The molecule has 20 heavy (non-hydrogen) atoms. The molecule has 1 amide bonds. The van der Waals surface area contributed by atoms with Crippen molar-refractivity contribution in [2.45, 2.75) is 64.6 Å². The average molecular weight is 292 g/mol. The number of carbonyl (C=O) groups is 1. The van der Waals surface area contributed by atoms with E-state index < -0.39 is 0 Å². The minimum absolute atomic E-state index is 0.0544. The lowest BCUT2D eigenvalue weighted by Gasteiger charge is -2.37. The van der Waals surface area contributed by atoms with E-state index >= 15 is 0 Å². The Morgan fingerprint density at radius 1 is 1.35 bits per heavy atom. The first kappa shape index (κ1) is 14.1. The molecular formula is C16H24N2OS. The predicted octanol–water partition coefficient (Wildman–Crippen LogP) is 3.17. The second-order valence-corrected chi connectivity index (χ2v) is 7.67. The van der Waals surface area contributed by atoms with Crippen molar-refractivity contribution in [3.05, 3.63) is 21.4 Å². The first-order valence-corrected chi connectivity index (χ1v) is 8.51. The summed E-state index contributed by atoms with van der Waals surface area (Å²) in [6, 6.07) is 3.11. The van der Waals surface area contributed by atoms with E-state index in [1.54, 1.807) is 0 Å². The average Bonchev–Trinajstić information content (AvgIpc) is 3.15. The zero-order chi connectivity index (χ0) is 14.3. The molecule has 0 spiro atoms. The Labute approximate surface area is 125 Å². The van der Waals surface area contributed by atoms with Crippen molar-refractivity contribution in [3.63, 3.8) is 0 Å². The number of hydrogen-bond donors (Lipinski definition) is 1. The van der Waals surface area contributed by atoms with Crippen LogP contribution in [-0.2, 0) is 4.79 Å². The third kappa shape index (κ3) is 2.77. The van der Waals surface area contributed by atoms with Gasteiger partial charge in [-0.1, -0.05) is 0 Å². The normalized spacial score (nSPS) is 25.1. The Hall–Kier alpha value is -0.870. The lowest BCUT2D eigenvalue weighted by atomic mass is 9.99. The van der Waals surface area contributed by atoms with Gasteiger partial charge in [-0.15, -0.1) is 11.3 Å². The number of amides is 1. The first-order chi connectivity index (χ1) is 9.56. The van der Waals surface area contributed by atoms with Gasteiger partial charge in [0, 0.05) is 22.3 Å². The molecule has 2 heterocycles. The monoisotopic (exact) mass is 292 g/mol. The van der Waals surface area contributed by atoms with Crippen LogP contribution in [0.5, 0.6) is 0 Å². The van der Waals surface area contributed by atoms with E-state index in [9.17, 15) is 4.79 Å². The Kier molecular flexibility index (Phi) is 3.87. The first-order valence-electron chi connectivity index (χ1n) is 7.69. The highest BCUT2D eigenvalue weighted by Crippen LogP contribution is 2.32. The molecule has 1 saturated heterocycles. The lowest BCUT2D eigenvalue weighted by Crippen LogP contribution is -2.51. The van der Waals surface area contributed by atoms with Crippen LogP contribution in [0.15, 0.2) is 6.07 Å². The Morgan fingerprint density at radius 2 is 2.10 bits per heavy atom. The van der Waals surface area contributed by atoms with E-state index in [4.69, 9.17) is 0 Å². The van der Waals surface area contributed by atoms with E-state index in [0.717, 1.165) is 19.4 Å². The number of carbonyl (C=O) groups excluding carboxylic acids is 1. The molecule has 0 bridgehead atoms. The van der Waals surface area contributed by atoms with E-state index in [2.05, 4.69) is 37.1 Å². The number of hydrogen-bond acceptors (Lipinski definition) is 3. The van der Waals surface area contributed by atoms with Crippen molar-refractivity contribution in [3.8, 4) is 0 Å².